The highest BCUT2D eigenvalue weighted by Gasteiger charge is 1.90. The normalized spacial score (nSPS) is 9.41. The van der Waals surface area contributed by atoms with Crippen molar-refractivity contribution in [3.8, 4) is 0 Å². The Morgan fingerprint density at radius 3 is 1.24 bits per heavy atom. The largest absolute Gasteiger partial charge is 0.339 e. The van der Waals surface area contributed by atoms with Crippen molar-refractivity contribution in [3.63, 3.8) is 0 Å². The highest BCUT2D eigenvalue weighted by Crippen LogP contribution is 2.09. The first-order valence-electron chi connectivity index (χ1n) is 7.01. The van der Waals surface area contributed by atoms with Crippen LogP contribution in [-0.2, 0) is 9.68 Å². The van der Waals surface area contributed by atoms with Crippen LogP contribution in [0.25, 0.3) is 0 Å². The van der Waals surface area contributed by atoms with Gasteiger partial charge in [0.1, 0.15) is 0 Å². The van der Waals surface area contributed by atoms with Crippen LogP contribution in [0, 0.1) is 0 Å². The lowest BCUT2D eigenvalue weighted by Crippen LogP contribution is -1.89. The van der Waals surface area contributed by atoms with Crippen LogP contribution >= 0.6 is 0 Å². The third-order valence-electron chi connectivity index (χ3n) is 2.59. The van der Waals surface area contributed by atoms with E-state index in [4.69, 9.17) is 5.26 Å². The predicted molar refractivity (Wildman–Crippen MR) is 71.9 cm³/mol. The maximum absolute atomic E-state index is 9.34. The zero-order valence-electron chi connectivity index (χ0n) is 11.8. The molecule has 0 fully saturated rings. The summed E-state index contributed by atoms with van der Waals surface area (Å²) in [7, 11) is 0. The number of hydrogen-bond donors (Lipinski definition) is 1. The van der Waals surface area contributed by atoms with Gasteiger partial charge in [-0.15, -0.1) is 0 Å². The summed E-state index contributed by atoms with van der Waals surface area (Å²) in [5.74, 6) is -0.690. The second-order valence-electron chi connectivity index (χ2n) is 4.41. The van der Waals surface area contributed by atoms with Gasteiger partial charge in [0.25, 0.3) is 0 Å². The van der Waals surface area contributed by atoms with E-state index >= 15 is 0 Å². The van der Waals surface area contributed by atoms with Gasteiger partial charge in [0.2, 0.25) is 0 Å². The van der Waals surface area contributed by atoms with Crippen LogP contribution in [0.3, 0.4) is 0 Å². The zero-order valence-corrected chi connectivity index (χ0v) is 11.8. The molecule has 0 rings (SSSR count). The topological polar surface area (TPSA) is 46.5 Å². The average Bonchev–Trinajstić information content (AvgIpc) is 2.33. The number of rotatable bonds is 9. The average molecular weight is 246 g/mol. The summed E-state index contributed by atoms with van der Waals surface area (Å²) >= 11 is 0. The standard InChI is InChI=1S/C12H26.C2H4O3/c1-3-5-7-9-11-12-10-8-6-4-2;1-2(3)5-4/h3-12H2,1-2H3;4H,1H3. The molecule has 0 aliphatic heterocycles. The van der Waals surface area contributed by atoms with Gasteiger partial charge in [-0.1, -0.05) is 78.1 Å². The monoisotopic (exact) mass is 246 g/mol. The molecule has 0 unspecified atom stereocenters. The van der Waals surface area contributed by atoms with E-state index in [2.05, 4.69) is 18.7 Å². The van der Waals surface area contributed by atoms with Crippen LogP contribution in [0.4, 0.5) is 0 Å². The molecule has 0 aromatic heterocycles. The molecule has 0 heterocycles. The van der Waals surface area contributed by atoms with E-state index < -0.39 is 5.97 Å². The Bertz CT molecular complexity index is 136. The first-order chi connectivity index (χ1) is 8.18. The Morgan fingerprint density at radius 2 is 1.06 bits per heavy atom. The molecule has 0 aliphatic rings. The fraction of sp³-hybridized carbons (Fsp3) is 0.929. The van der Waals surface area contributed by atoms with Crippen molar-refractivity contribution in [3.05, 3.63) is 0 Å². The van der Waals surface area contributed by atoms with Crippen LogP contribution in [-0.4, -0.2) is 11.2 Å². The smallest absolute Gasteiger partial charge is 0.301 e. The molecule has 0 spiro atoms. The van der Waals surface area contributed by atoms with Gasteiger partial charge >= 0.3 is 5.97 Å². The lowest BCUT2D eigenvalue weighted by molar-refractivity contribution is -0.231. The van der Waals surface area contributed by atoms with Gasteiger partial charge in [-0.05, 0) is 0 Å². The number of carbonyl (C=O) groups excluding carboxylic acids is 1. The van der Waals surface area contributed by atoms with Crippen LogP contribution in [0.1, 0.15) is 85.0 Å². The molecule has 17 heavy (non-hydrogen) atoms. The Hall–Kier alpha value is -0.570. The van der Waals surface area contributed by atoms with Gasteiger partial charge in [-0.3, -0.25) is 0 Å². The first kappa shape index (κ1) is 18.8. The van der Waals surface area contributed by atoms with Crippen molar-refractivity contribution >= 4 is 5.97 Å². The van der Waals surface area contributed by atoms with Gasteiger partial charge in [0.05, 0.1) is 0 Å². The summed E-state index contributed by atoms with van der Waals surface area (Å²) < 4.78 is 0. The second kappa shape index (κ2) is 17.8. The molecular formula is C14H30O3. The van der Waals surface area contributed by atoms with E-state index in [9.17, 15) is 4.79 Å². The summed E-state index contributed by atoms with van der Waals surface area (Å²) in [5.41, 5.74) is 0. The fourth-order valence-corrected chi connectivity index (χ4v) is 1.56. The Morgan fingerprint density at radius 1 is 0.824 bits per heavy atom. The number of hydrogen-bond acceptors (Lipinski definition) is 3. The summed E-state index contributed by atoms with van der Waals surface area (Å²) in [4.78, 5) is 12.5. The minimum absolute atomic E-state index is 0.690. The highest BCUT2D eigenvalue weighted by molar-refractivity contribution is 5.64. The SMILES string of the molecule is CC(=O)OO.CCCCCCCCCCCC. The molecule has 3 heteroatoms. The third kappa shape index (κ3) is 25.6. The molecular weight excluding hydrogens is 216 g/mol. The Kier molecular flexibility index (Phi) is 19.7. The number of carbonyl (C=O) groups is 1. The van der Waals surface area contributed by atoms with Gasteiger partial charge in [0.15, 0.2) is 0 Å². The van der Waals surface area contributed by atoms with E-state index in [0.29, 0.717) is 0 Å². The molecule has 0 amide bonds. The third-order valence-corrected chi connectivity index (χ3v) is 2.59. The maximum atomic E-state index is 9.34. The molecule has 104 valence electrons. The quantitative estimate of drug-likeness (QED) is 0.356. The summed E-state index contributed by atoms with van der Waals surface area (Å²) in [6.07, 6.45) is 14.4. The van der Waals surface area contributed by atoms with Crippen molar-refractivity contribution < 1.29 is 14.9 Å². The lowest BCUT2D eigenvalue weighted by atomic mass is 10.1. The first-order valence-corrected chi connectivity index (χ1v) is 7.01. The van der Waals surface area contributed by atoms with Crippen molar-refractivity contribution in [2.24, 2.45) is 0 Å². The van der Waals surface area contributed by atoms with Gasteiger partial charge in [-0.25, -0.2) is 4.79 Å². The lowest BCUT2D eigenvalue weighted by Gasteiger charge is -1.99. The van der Waals surface area contributed by atoms with Crippen LogP contribution < -0.4 is 0 Å². The molecule has 0 atom stereocenters. The molecule has 0 saturated heterocycles. The Labute approximate surface area is 106 Å². The predicted octanol–water partition coefficient (Wildman–Crippen LogP) is 4.95. The Balaban J connectivity index is 0. The van der Waals surface area contributed by atoms with E-state index in [0.717, 1.165) is 6.92 Å². The van der Waals surface area contributed by atoms with Crippen LogP contribution in [0.15, 0.2) is 0 Å². The summed E-state index contributed by atoms with van der Waals surface area (Å²) in [5, 5.41) is 7.29. The molecule has 0 bridgehead atoms. The van der Waals surface area contributed by atoms with E-state index in [1.54, 1.807) is 0 Å². The van der Waals surface area contributed by atoms with Crippen molar-refractivity contribution in [2.75, 3.05) is 0 Å². The minimum atomic E-state index is -0.690. The summed E-state index contributed by atoms with van der Waals surface area (Å²) in [6.45, 7) is 5.67. The molecule has 0 radical (unpaired) electrons. The molecule has 0 aliphatic carbocycles. The fourth-order valence-electron chi connectivity index (χ4n) is 1.56. The molecule has 1 N–H and O–H groups in total. The van der Waals surface area contributed by atoms with E-state index in [1.807, 2.05) is 0 Å². The van der Waals surface area contributed by atoms with E-state index in [1.165, 1.54) is 64.2 Å². The molecule has 0 saturated carbocycles. The van der Waals surface area contributed by atoms with Crippen LogP contribution in [0.5, 0.6) is 0 Å². The highest BCUT2D eigenvalue weighted by atomic mass is 17.1. The van der Waals surface area contributed by atoms with Gasteiger partial charge < -0.3 is 4.89 Å². The van der Waals surface area contributed by atoms with Crippen molar-refractivity contribution in [2.45, 2.75) is 85.0 Å². The molecule has 0 aromatic carbocycles. The van der Waals surface area contributed by atoms with Crippen LogP contribution in [0.2, 0.25) is 0 Å². The van der Waals surface area contributed by atoms with E-state index in [-0.39, 0.29) is 0 Å². The zero-order chi connectivity index (χ0) is 13.4. The summed E-state index contributed by atoms with van der Waals surface area (Å²) in [6, 6.07) is 0. The number of unbranched alkanes of at least 4 members (excludes halogenated alkanes) is 9. The van der Waals surface area contributed by atoms with Gasteiger partial charge in [0, 0.05) is 6.92 Å². The van der Waals surface area contributed by atoms with Crippen molar-refractivity contribution in [1.82, 2.24) is 0 Å². The van der Waals surface area contributed by atoms with Crippen molar-refractivity contribution in [1.29, 1.82) is 0 Å². The molecule has 0 aromatic rings. The van der Waals surface area contributed by atoms with Gasteiger partial charge in [-0.2, -0.15) is 5.26 Å². The minimum Gasteiger partial charge on any atom is -0.301 e. The maximum Gasteiger partial charge on any atom is 0.339 e. The molecule has 3 nitrogen and oxygen atoms in total. The second-order valence-corrected chi connectivity index (χ2v) is 4.41.